The molecule has 2 rings (SSSR count). The van der Waals surface area contributed by atoms with E-state index in [2.05, 4.69) is 15.3 Å². The Labute approximate surface area is 92.2 Å². The van der Waals surface area contributed by atoms with Crippen LogP contribution in [0.4, 0.5) is 11.5 Å². The van der Waals surface area contributed by atoms with Gasteiger partial charge in [-0.15, -0.1) is 11.3 Å². The number of thiazole rings is 1. The van der Waals surface area contributed by atoms with Gasteiger partial charge in [0, 0.05) is 11.1 Å². The zero-order valence-corrected chi connectivity index (χ0v) is 9.21. The number of nitrogens with zero attached hydrogens (tertiary/aromatic N) is 2. The Morgan fingerprint density at radius 2 is 2.33 bits per heavy atom. The first-order chi connectivity index (χ1) is 7.24. The summed E-state index contributed by atoms with van der Waals surface area (Å²) in [5.41, 5.74) is 7.51. The molecule has 2 heterocycles. The zero-order valence-electron chi connectivity index (χ0n) is 8.40. The lowest BCUT2D eigenvalue weighted by atomic mass is 10.4. The van der Waals surface area contributed by atoms with Crippen LogP contribution in [-0.4, -0.2) is 9.97 Å². The summed E-state index contributed by atoms with van der Waals surface area (Å²) in [7, 11) is 0. The van der Waals surface area contributed by atoms with Crippen LogP contribution >= 0.6 is 11.3 Å². The third-order valence-electron chi connectivity index (χ3n) is 1.90. The van der Waals surface area contributed by atoms with Gasteiger partial charge in [0.2, 0.25) is 0 Å². The summed E-state index contributed by atoms with van der Waals surface area (Å²) in [6.07, 6.45) is 1.72. The lowest BCUT2D eigenvalue weighted by molar-refractivity contribution is 1.07. The lowest BCUT2D eigenvalue weighted by Gasteiger charge is -2.03. The van der Waals surface area contributed by atoms with Gasteiger partial charge in [0.1, 0.15) is 10.8 Å². The van der Waals surface area contributed by atoms with E-state index in [0.717, 1.165) is 22.9 Å². The number of hydrogen-bond donors (Lipinski definition) is 2. The number of aromatic nitrogens is 2. The van der Waals surface area contributed by atoms with Crippen LogP contribution in [0.2, 0.25) is 0 Å². The van der Waals surface area contributed by atoms with Gasteiger partial charge in [0.05, 0.1) is 18.4 Å². The van der Waals surface area contributed by atoms with Crippen LogP contribution in [0.3, 0.4) is 0 Å². The van der Waals surface area contributed by atoms with E-state index in [1.165, 1.54) is 0 Å². The molecule has 0 aliphatic rings. The van der Waals surface area contributed by atoms with Crippen LogP contribution in [0.15, 0.2) is 23.7 Å². The highest BCUT2D eigenvalue weighted by Crippen LogP contribution is 2.12. The minimum absolute atomic E-state index is 0.533. The second kappa shape index (κ2) is 4.27. The number of aryl methyl sites for hydroxylation is 1. The van der Waals surface area contributed by atoms with Gasteiger partial charge in [-0.25, -0.2) is 9.97 Å². The molecule has 0 aliphatic heterocycles. The largest absolute Gasteiger partial charge is 0.384 e. The molecule has 0 amide bonds. The average molecular weight is 220 g/mol. The van der Waals surface area contributed by atoms with E-state index in [0.29, 0.717) is 5.82 Å². The molecule has 3 N–H and O–H groups in total. The van der Waals surface area contributed by atoms with E-state index < -0.39 is 0 Å². The van der Waals surface area contributed by atoms with Crippen LogP contribution in [0, 0.1) is 6.92 Å². The summed E-state index contributed by atoms with van der Waals surface area (Å²) in [6.45, 7) is 2.72. The highest BCUT2D eigenvalue weighted by molar-refractivity contribution is 7.09. The van der Waals surface area contributed by atoms with Crippen molar-refractivity contribution in [3.63, 3.8) is 0 Å². The maximum Gasteiger partial charge on any atom is 0.123 e. The SMILES string of the molecule is Cc1csc(CNc2ccc(N)nc2)n1. The molecule has 0 aliphatic carbocycles. The predicted molar refractivity (Wildman–Crippen MR) is 62.8 cm³/mol. The van der Waals surface area contributed by atoms with Crippen molar-refractivity contribution in [1.82, 2.24) is 9.97 Å². The quantitative estimate of drug-likeness (QED) is 0.830. The smallest absolute Gasteiger partial charge is 0.123 e. The Kier molecular flexibility index (Phi) is 2.82. The number of nitrogens with one attached hydrogen (secondary N) is 1. The number of anilines is 2. The first kappa shape index (κ1) is 9.92. The van der Waals surface area contributed by atoms with Gasteiger partial charge < -0.3 is 11.1 Å². The van der Waals surface area contributed by atoms with Crippen molar-refractivity contribution >= 4 is 22.8 Å². The van der Waals surface area contributed by atoms with Crippen molar-refractivity contribution in [2.45, 2.75) is 13.5 Å². The van der Waals surface area contributed by atoms with Gasteiger partial charge in [0.15, 0.2) is 0 Å². The standard InChI is InChI=1S/C10H12N4S/c1-7-6-15-10(14-7)5-12-8-2-3-9(11)13-4-8/h2-4,6,12H,5H2,1H3,(H2,11,13). The highest BCUT2D eigenvalue weighted by atomic mass is 32.1. The van der Waals surface area contributed by atoms with Gasteiger partial charge in [-0.05, 0) is 19.1 Å². The molecule has 5 heteroatoms. The molecule has 0 atom stereocenters. The summed E-state index contributed by atoms with van der Waals surface area (Å²) in [5, 5.41) is 6.34. The molecule has 15 heavy (non-hydrogen) atoms. The van der Waals surface area contributed by atoms with Crippen molar-refractivity contribution in [2.75, 3.05) is 11.1 Å². The van der Waals surface area contributed by atoms with Crippen LogP contribution in [0.25, 0.3) is 0 Å². The van der Waals surface area contributed by atoms with Gasteiger partial charge in [0.25, 0.3) is 0 Å². The molecule has 0 bridgehead atoms. The Hall–Kier alpha value is -1.62. The molecule has 0 radical (unpaired) electrons. The van der Waals surface area contributed by atoms with Gasteiger partial charge in [-0.1, -0.05) is 0 Å². The number of nitrogens with two attached hydrogens (primary N) is 1. The van der Waals surface area contributed by atoms with Crippen molar-refractivity contribution in [3.8, 4) is 0 Å². The molecule has 2 aromatic rings. The van der Waals surface area contributed by atoms with Crippen molar-refractivity contribution < 1.29 is 0 Å². The average Bonchev–Trinajstić information content (AvgIpc) is 2.64. The third-order valence-corrected chi connectivity index (χ3v) is 2.86. The Morgan fingerprint density at radius 1 is 1.47 bits per heavy atom. The number of nitrogen functional groups attached to an aromatic ring is 1. The molecule has 0 aromatic carbocycles. The highest BCUT2D eigenvalue weighted by Gasteiger charge is 1.98. The Bertz CT molecular complexity index is 435. The molecule has 0 saturated heterocycles. The summed E-state index contributed by atoms with van der Waals surface area (Å²) in [5.74, 6) is 0.533. The summed E-state index contributed by atoms with van der Waals surface area (Å²) >= 11 is 1.65. The number of rotatable bonds is 3. The Balaban J connectivity index is 1.96. The fourth-order valence-corrected chi connectivity index (χ4v) is 1.88. The van der Waals surface area contributed by atoms with Crippen LogP contribution in [-0.2, 0) is 6.54 Å². The van der Waals surface area contributed by atoms with Crippen molar-refractivity contribution in [2.24, 2.45) is 0 Å². The van der Waals surface area contributed by atoms with Crippen LogP contribution < -0.4 is 11.1 Å². The lowest BCUT2D eigenvalue weighted by Crippen LogP contribution is -2.00. The van der Waals surface area contributed by atoms with E-state index in [1.54, 1.807) is 23.6 Å². The zero-order chi connectivity index (χ0) is 10.7. The minimum atomic E-state index is 0.533. The second-order valence-corrected chi connectivity index (χ2v) is 4.15. The van der Waals surface area contributed by atoms with E-state index in [4.69, 9.17) is 5.73 Å². The van der Waals surface area contributed by atoms with E-state index >= 15 is 0 Å². The van der Waals surface area contributed by atoms with E-state index in [-0.39, 0.29) is 0 Å². The molecule has 0 fully saturated rings. The topological polar surface area (TPSA) is 63.8 Å². The molecular formula is C10H12N4S. The maximum atomic E-state index is 5.49. The van der Waals surface area contributed by atoms with Gasteiger partial charge in [-0.3, -0.25) is 0 Å². The fourth-order valence-electron chi connectivity index (χ4n) is 1.17. The second-order valence-electron chi connectivity index (χ2n) is 3.21. The van der Waals surface area contributed by atoms with E-state index in [1.807, 2.05) is 18.4 Å². The maximum absolute atomic E-state index is 5.49. The monoisotopic (exact) mass is 220 g/mol. The number of pyridine rings is 1. The molecule has 78 valence electrons. The predicted octanol–water partition coefficient (Wildman–Crippen LogP) is 2.04. The summed E-state index contributed by atoms with van der Waals surface area (Å²) in [6, 6.07) is 3.68. The first-order valence-electron chi connectivity index (χ1n) is 4.60. The molecule has 0 unspecified atom stereocenters. The first-order valence-corrected chi connectivity index (χ1v) is 5.48. The normalized spacial score (nSPS) is 10.2. The fraction of sp³-hybridized carbons (Fsp3) is 0.200. The summed E-state index contributed by atoms with van der Waals surface area (Å²) < 4.78 is 0. The van der Waals surface area contributed by atoms with Gasteiger partial charge in [-0.2, -0.15) is 0 Å². The van der Waals surface area contributed by atoms with Crippen LogP contribution in [0.1, 0.15) is 10.7 Å². The van der Waals surface area contributed by atoms with Gasteiger partial charge >= 0.3 is 0 Å². The number of hydrogen-bond acceptors (Lipinski definition) is 5. The third kappa shape index (κ3) is 2.66. The van der Waals surface area contributed by atoms with Crippen molar-refractivity contribution in [3.05, 3.63) is 34.4 Å². The molecule has 0 spiro atoms. The molecular weight excluding hydrogens is 208 g/mol. The molecule has 0 saturated carbocycles. The minimum Gasteiger partial charge on any atom is -0.384 e. The van der Waals surface area contributed by atoms with Crippen LogP contribution in [0.5, 0.6) is 0 Å². The summed E-state index contributed by atoms with van der Waals surface area (Å²) in [4.78, 5) is 8.35. The van der Waals surface area contributed by atoms with Crippen molar-refractivity contribution in [1.29, 1.82) is 0 Å². The van der Waals surface area contributed by atoms with E-state index in [9.17, 15) is 0 Å². The molecule has 2 aromatic heterocycles. The Morgan fingerprint density at radius 3 is 2.93 bits per heavy atom. The molecule has 4 nitrogen and oxygen atoms in total.